The van der Waals surface area contributed by atoms with E-state index in [-0.39, 0.29) is 4.87 Å². The first-order chi connectivity index (χ1) is 9.92. The lowest BCUT2D eigenvalue weighted by atomic mass is 9.73. The summed E-state index contributed by atoms with van der Waals surface area (Å²) in [7, 11) is 0. The van der Waals surface area contributed by atoms with E-state index in [2.05, 4.69) is 63.8 Å². The van der Waals surface area contributed by atoms with Crippen molar-refractivity contribution in [2.45, 2.75) is 45.4 Å². The first-order valence-corrected chi connectivity index (χ1v) is 8.12. The fourth-order valence-electron chi connectivity index (χ4n) is 3.29. The van der Waals surface area contributed by atoms with Crippen molar-refractivity contribution >= 4 is 22.7 Å². The molecule has 0 aromatic heterocycles. The molecular formula is C20H25Cl. The van der Waals surface area contributed by atoms with Crippen molar-refractivity contribution in [2.75, 3.05) is 0 Å². The van der Waals surface area contributed by atoms with E-state index < -0.39 is 0 Å². The van der Waals surface area contributed by atoms with E-state index >= 15 is 0 Å². The Balaban J connectivity index is 2.39. The van der Waals surface area contributed by atoms with E-state index in [1.54, 1.807) is 0 Å². The molecular weight excluding hydrogens is 276 g/mol. The Morgan fingerprint density at radius 2 is 2.00 bits per heavy atom. The second-order valence-electron chi connectivity index (χ2n) is 6.01. The van der Waals surface area contributed by atoms with Crippen LogP contribution in [-0.2, 0) is 0 Å². The van der Waals surface area contributed by atoms with Crippen molar-refractivity contribution < 1.29 is 0 Å². The summed E-state index contributed by atoms with van der Waals surface area (Å²) < 4.78 is 0. The molecule has 0 saturated carbocycles. The molecule has 0 N–H and O–H groups in total. The smallest absolute Gasteiger partial charge is 0.0692 e. The van der Waals surface area contributed by atoms with E-state index in [9.17, 15) is 0 Å². The van der Waals surface area contributed by atoms with Crippen LogP contribution in [0, 0.1) is 5.92 Å². The van der Waals surface area contributed by atoms with Crippen LogP contribution < -0.4 is 0 Å². The van der Waals surface area contributed by atoms with Crippen molar-refractivity contribution in [3.63, 3.8) is 0 Å². The van der Waals surface area contributed by atoms with Crippen molar-refractivity contribution in [1.29, 1.82) is 0 Å². The average molecular weight is 301 g/mol. The van der Waals surface area contributed by atoms with Crippen LogP contribution in [0.3, 0.4) is 0 Å². The second kappa shape index (κ2) is 6.23. The number of hydrogen-bond donors (Lipinski definition) is 0. The lowest BCUT2D eigenvalue weighted by Gasteiger charge is -2.37. The number of rotatable bonds is 3. The van der Waals surface area contributed by atoms with Gasteiger partial charge in [-0.25, -0.2) is 0 Å². The van der Waals surface area contributed by atoms with E-state index in [0.29, 0.717) is 5.92 Å². The molecule has 0 heterocycles. The first kappa shape index (κ1) is 16.1. The molecule has 0 radical (unpaired) electrons. The molecule has 1 aliphatic rings. The van der Waals surface area contributed by atoms with Crippen molar-refractivity contribution in [2.24, 2.45) is 5.92 Å². The number of alkyl halides is 1. The molecule has 0 nitrogen and oxygen atoms in total. The SMILES string of the molecule is C=C(C)c1ccc(C2=CCC(Cl)(CC)/C(=C\C)C2C)cc1. The summed E-state index contributed by atoms with van der Waals surface area (Å²) in [5.74, 6) is 0.372. The van der Waals surface area contributed by atoms with E-state index in [0.717, 1.165) is 18.4 Å². The van der Waals surface area contributed by atoms with Gasteiger partial charge in [-0.2, -0.15) is 0 Å². The number of hydrogen-bond acceptors (Lipinski definition) is 0. The molecule has 21 heavy (non-hydrogen) atoms. The van der Waals surface area contributed by atoms with Gasteiger partial charge in [-0.15, -0.1) is 11.6 Å². The van der Waals surface area contributed by atoms with Crippen molar-refractivity contribution in [3.05, 3.63) is 59.7 Å². The zero-order valence-corrected chi connectivity index (χ0v) is 14.3. The van der Waals surface area contributed by atoms with E-state index in [4.69, 9.17) is 11.6 Å². The maximum absolute atomic E-state index is 6.82. The summed E-state index contributed by atoms with van der Waals surface area (Å²) in [6, 6.07) is 8.71. The van der Waals surface area contributed by atoms with Crippen LogP contribution in [0.25, 0.3) is 11.1 Å². The Labute approximate surface area is 134 Å². The molecule has 0 fully saturated rings. The molecule has 0 bridgehead atoms. The highest BCUT2D eigenvalue weighted by atomic mass is 35.5. The molecule has 0 amide bonds. The molecule has 2 atom stereocenters. The van der Waals surface area contributed by atoms with Crippen LogP contribution >= 0.6 is 11.6 Å². The molecule has 2 unspecified atom stereocenters. The van der Waals surface area contributed by atoms with Crippen molar-refractivity contribution in [1.82, 2.24) is 0 Å². The highest BCUT2D eigenvalue weighted by Gasteiger charge is 2.36. The van der Waals surface area contributed by atoms with Gasteiger partial charge < -0.3 is 0 Å². The third-order valence-electron chi connectivity index (χ3n) is 4.68. The van der Waals surface area contributed by atoms with Gasteiger partial charge in [-0.05, 0) is 49.0 Å². The summed E-state index contributed by atoms with van der Waals surface area (Å²) in [5, 5.41) is 0. The van der Waals surface area contributed by atoms with Gasteiger partial charge in [0.05, 0.1) is 4.87 Å². The Bertz CT molecular complexity index is 589. The van der Waals surface area contributed by atoms with Crippen LogP contribution in [-0.4, -0.2) is 4.87 Å². The van der Waals surface area contributed by atoms with Gasteiger partial charge in [-0.1, -0.05) is 62.4 Å². The predicted molar refractivity (Wildman–Crippen MR) is 95.5 cm³/mol. The van der Waals surface area contributed by atoms with Crippen LogP contribution in [0.1, 0.15) is 51.7 Å². The van der Waals surface area contributed by atoms with Gasteiger partial charge in [0, 0.05) is 5.92 Å². The summed E-state index contributed by atoms with van der Waals surface area (Å²) >= 11 is 6.82. The average Bonchev–Trinajstić information content (AvgIpc) is 2.48. The van der Waals surface area contributed by atoms with Crippen molar-refractivity contribution in [3.8, 4) is 0 Å². The minimum atomic E-state index is -0.199. The van der Waals surface area contributed by atoms with Gasteiger partial charge in [-0.3, -0.25) is 0 Å². The molecule has 0 saturated heterocycles. The maximum Gasteiger partial charge on any atom is 0.0692 e. The minimum Gasteiger partial charge on any atom is -0.114 e. The summed E-state index contributed by atoms with van der Waals surface area (Å²) in [5.41, 5.74) is 6.34. The summed E-state index contributed by atoms with van der Waals surface area (Å²) in [4.78, 5) is -0.199. The van der Waals surface area contributed by atoms with Gasteiger partial charge in [0.25, 0.3) is 0 Å². The quantitative estimate of drug-likeness (QED) is 0.443. The monoisotopic (exact) mass is 300 g/mol. The molecule has 1 aliphatic carbocycles. The fourth-order valence-corrected chi connectivity index (χ4v) is 3.64. The highest BCUT2D eigenvalue weighted by Crippen LogP contribution is 2.46. The lowest BCUT2D eigenvalue weighted by Crippen LogP contribution is -2.30. The normalized spacial score (nSPS) is 27.6. The van der Waals surface area contributed by atoms with Gasteiger partial charge >= 0.3 is 0 Å². The van der Waals surface area contributed by atoms with Crippen LogP contribution in [0.4, 0.5) is 0 Å². The Morgan fingerprint density at radius 1 is 1.38 bits per heavy atom. The van der Waals surface area contributed by atoms with E-state index in [1.165, 1.54) is 22.3 Å². The largest absolute Gasteiger partial charge is 0.114 e. The summed E-state index contributed by atoms with van der Waals surface area (Å²) in [6.07, 6.45) is 6.41. The number of allylic oxidation sites excluding steroid dienone is 5. The molecule has 1 aromatic carbocycles. The molecule has 2 rings (SSSR count). The standard InChI is InChI=1S/C20H25Cl/c1-6-19-15(5)18(12-13-20(19,21)7-2)17-10-8-16(9-11-17)14(3)4/h6,8-12,15H,3,7,13H2,1-2,4-5H3/b19-6-. The Morgan fingerprint density at radius 3 is 2.48 bits per heavy atom. The minimum absolute atomic E-state index is 0.199. The summed E-state index contributed by atoms with van der Waals surface area (Å²) in [6.45, 7) is 12.6. The Kier molecular flexibility index (Phi) is 4.78. The van der Waals surface area contributed by atoms with Gasteiger partial charge in [0.1, 0.15) is 0 Å². The molecule has 112 valence electrons. The maximum atomic E-state index is 6.82. The Hall–Kier alpha value is -1.27. The van der Waals surface area contributed by atoms with Crippen LogP contribution in [0.5, 0.6) is 0 Å². The zero-order valence-electron chi connectivity index (χ0n) is 13.5. The molecule has 1 heteroatoms. The number of benzene rings is 1. The second-order valence-corrected chi connectivity index (χ2v) is 6.73. The fraction of sp³-hybridized carbons (Fsp3) is 0.400. The topological polar surface area (TPSA) is 0 Å². The van der Waals surface area contributed by atoms with Gasteiger partial charge in [0.15, 0.2) is 0 Å². The number of halogens is 1. The van der Waals surface area contributed by atoms with Gasteiger partial charge in [0.2, 0.25) is 0 Å². The first-order valence-electron chi connectivity index (χ1n) is 7.75. The predicted octanol–water partition coefficient (Wildman–Crippen LogP) is 6.48. The molecule has 0 aliphatic heterocycles. The molecule has 1 aromatic rings. The van der Waals surface area contributed by atoms with Crippen LogP contribution in [0.2, 0.25) is 0 Å². The molecule has 0 spiro atoms. The van der Waals surface area contributed by atoms with Crippen LogP contribution in [0.15, 0.2) is 48.6 Å². The lowest BCUT2D eigenvalue weighted by molar-refractivity contribution is 0.573. The van der Waals surface area contributed by atoms with E-state index in [1.807, 2.05) is 6.92 Å². The highest BCUT2D eigenvalue weighted by molar-refractivity contribution is 6.26. The zero-order chi connectivity index (χ0) is 15.6. The third kappa shape index (κ3) is 3.01. The third-order valence-corrected chi connectivity index (χ3v) is 5.32.